The molecule has 0 aliphatic carbocycles. The molecule has 1 aromatic rings. The topological polar surface area (TPSA) is 69.4 Å². The van der Waals surface area contributed by atoms with Crippen molar-refractivity contribution in [1.82, 2.24) is 0 Å². The molecule has 1 aromatic carbocycles. The summed E-state index contributed by atoms with van der Waals surface area (Å²) in [4.78, 5) is 0.295. The molecule has 0 heterocycles. The first-order chi connectivity index (χ1) is 7.40. The van der Waals surface area contributed by atoms with E-state index in [1.807, 2.05) is 6.92 Å². The van der Waals surface area contributed by atoms with E-state index in [-0.39, 0.29) is 5.92 Å². The Kier molecular flexibility index (Phi) is 3.93. The van der Waals surface area contributed by atoms with Gasteiger partial charge in [0, 0.05) is 6.26 Å². The molecule has 1 rings (SSSR count). The number of nitrogens with two attached hydrogens (primary N) is 1. The summed E-state index contributed by atoms with van der Waals surface area (Å²) in [7, 11) is -1.63. The molecule has 0 aliphatic rings. The Bertz CT molecular complexity index is 468. The Morgan fingerprint density at radius 2 is 2.06 bits per heavy atom. The second-order valence-electron chi connectivity index (χ2n) is 3.81. The van der Waals surface area contributed by atoms with Gasteiger partial charge in [-0.3, -0.25) is 0 Å². The summed E-state index contributed by atoms with van der Waals surface area (Å²) in [6, 6.07) is 4.84. The highest BCUT2D eigenvalue weighted by atomic mass is 32.2. The van der Waals surface area contributed by atoms with Crippen LogP contribution in [-0.2, 0) is 9.84 Å². The molecular weight excluding hydrogens is 226 g/mol. The quantitative estimate of drug-likeness (QED) is 0.861. The van der Waals surface area contributed by atoms with E-state index in [1.165, 1.54) is 6.26 Å². The summed E-state index contributed by atoms with van der Waals surface area (Å²) < 4.78 is 28.0. The summed E-state index contributed by atoms with van der Waals surface area (Å²) in [6.07, 6.45) is 1.19. The molecule has 90 valence electrons. The maximum atomic E-state index is 11.4. The summed E-state index contributed by atoms with van der Waals surface area (Å²) in [5.74, 6) is 0.738. The fourth-order valence-corrected chi connectivity index (χ4v) is 2.11. The first-order valence-corrected chi connectivity index (χ1v) is 6.87. The highest BCUT2D eigenvalue weighted by Gasteiger charge is 2.14. The molecule has 0 amide bonds. The lowest BCUT2D eigenvalue weighted by atomic mass is 10.0. The van der Waals surface area contributed by atoms with Crippen LogP contribution in [0.3, 0.4) is 0 Å². The van der Waals surface area contributed by atoms with Crippen molar-refractivity contribution in [2.24, 2.45) is 5.73 Å². The van der Waals surface area contributed by atoms with E-state index in [0.29, 0.717) is 17.2 Å². The van der Waals surface area contributed by atoms with Crippen molar-refractivity contribution in [3.8, 4) is 5.75 Å². The summed E-state index contributed by atoms with van der Waals surface area (Å²) >= 11 is 0. The van der Waals surface area contributed by atoms with Crippen molar-refractivity contribution in [1.29, 1.82) is 0 Å². The van der Waals surface area contributed by atoms with Crippen LogP contribution in [0.1, 0.15) is 18.4 Å². The molecule has 0 aliphatic heterocycles. The minimum atomic E-state index is -3.19. The molecule has 1 unspecified atom stereocenters. The molecule has 0 bridgehead atoms. The number of sulfone groups is 1. The molecule has 2 N–H and O–H groups in total. The van der Waals surface area contributed by atoms with Gasteiger partial charge in [-0.2, -0.15) is 0 Å². The van der Waals surface area contributed by atoms with E-state index in [9.17, 15) is 8.42 Å². The number of benzene rings is 1. The van der Waals surface area contributed by atoms with Gasteiger partial charge in [0.05, 0.1) is 12.0 Å². The van der Waals surface area contributed by atoms with Gasteiger partial charge in [0.2, 0.25) is 0 Å². The van der Waals surface area contributed by atoms with Crippen molar-refractivity contribution in [3.05, 3.63) is 23.8 Å². The number of hydrogen-bond donors (Lipinski definition) is 1. The van der Waals surface area contributed by atoms with Crippen LogP contribution < -0.4 is 10.5 Å². The molecule has 0 radical (unpaired) electrons. The Balaban J connectivity index is 3.32. The number of rotatable bonds is 4. The average Bonchev–Trinajstić information content (AvgIpc) is 2.25. The Morgan fingerprint density at radius 1 is 1.44 bits per heavy atom. The lowest BCUT2D eigenvalue weighted by Gasteiger charge is -2.14. The van der Waals surface area contributed by atoms with Gasteiger partial charge in [0.1, 0.15) is 5.75 Å². The Labute approximate surface area is 96.3 Å². The van der Waals surface area contributed by atoms with E-state index >= 15 is 0 Å². The third kappa shape index (κ3) is 2.74. The van der Waals surface area contributed by atoms with Crippen LogP contribution in [0, 0.1) is 0 Å². The first-order valence-electron chi connectivity index (χ1n) is 4.98. The van der Waals surface area contributed by atoms with Crippen molar-refractivity contribution in [2.45, 2.75) is 17.7 Å². The zero-order valence-electron chi connectivity index (χ0n) is 9.73. The van der Waals surface area contributed by atoms with Crippen LogP contribution >= 0.6 is 0 Å². The average molecular weight is 243 g/mol. The van der Waals surface area contributed by atoms with Crippen LogP contribution in [0.15, 0.2) is 23.1 Å². The second-order valence-corrected chi connectivity index (χ2v) is 5.83. The van der Waals surface area contributed by atoms with Gasteiger partial charge in [-0.05, 0) is 36.2 Å². The van der Waals surface area contributed by atoms with Crippen molar-refractivity contribution in [3.63, 3.8) is 0 Å². The molecule has 1 atom stereocenters. The minimum absolute atomic E-state index is 0.0663. The first kappa shape index (κ1) is 13.0. The normalized spacial score (nSPS) is 13.5. The van der Waals surface area contributed by atoms with Gasteiger partial charge >= 0.3 is 0 Å². The number of ether oxygens (including phenoxy) is 1. The van der Waals surface area contributed by atoms with Gasteiger partial charge < -0.3 is 10.5 Å². The lowest BCUT2D eigenvalue weighted by Crippen LogP contribution is -2.11. The number of methoxy groups -OCH3 is 1. The molecule has 16 heavy (non-hydrogen) atoms. The van der Waals surface area contributed by atoms with E-state index < -0.39 is 9.84 Å². The lowest BCUT2D eigenvalue weighted by molar-refractivity contribution is 0.406. The van der Waals surface area contributed by atoms with Gasteiger partial charge in [0.15, 0.2) is 9.84 Å². The third-order valence-corrected chi connectivity index (χ3v) is 3.62. The molecule has 0 fully saturated rings. The van der Waals surface area contributed by atoms with Crippen LogP contribution in [0.5, 0.6) is 5.75 Å². The highest BCUT2D eigenvalue weighted by Crippen LogP contribution is 2.28. The SMILES string of the molecule is COc1ccc(S(C)(=O)=O)cc1C(C)CN. The maximum Gasteiger partial charge on any atom is 0.175 e. The fourth-order valence-electron chi connectivity index (χ4n) is 1.46. The van der Waals surface area contributed by atoms with Gasteiger partial charge in [-0.25, -0.2) is 8.42 Å². The molecule has 0 aromatic heterocycles. The smallest absolute Gasteiger partial charge is 0.175 e. The summed E-state index contributed by atoms with van der Waals surface area (Å²) in [5.41, 5.74) is 6.41. The van der Waals surface area contributed by atoms with Crippen LogP contribution in [0.4, 0.5) is 0 Å². The number of hydrogen-bond acceptors (Lipinski definition) is 4. The summed E-state index contributed by atoms with van der Waals surface area (Å²) in [5, 5.41) is 0. The van der Waals surface area contributed by atoms with Crippen LogP contribution in [-0.4, -0.2) is 28.3 Å². The van der Waals surface area contributed by atoms with E-state index in [4.69, 9.17) is 10.5 Å². The van der Waals surface area contributed by atoms with Gasteiger partial charge in [-0.1, -0.05) is 6.92 Å². The highest BCUT2D eigenvalue weighted by molar-refractivity contribution is 7.90. The van der Waals surface area contributed by atoms with E-state index in [2.05, 4.69) is 0 Å². The summed E-state index contributed by atoms with van der Waals surface area (Å²) in [6.45, 7) is 2.38. The van der Waals surface area contributed by atoms with Crippen LogP contribution in [0.2, 0.25) is 0 Å². The minimum Gasteiger partial charge on any atom is -0.496 e. The van der Waals surface area contributed by atoms with Crippen molar-refractivity contribution >= 4 is 9.84 Å². The predicted molar refractivity (Wildman–Crippen MR) is 63.6 cm³/mol. The second kappa shape index (κ2) is 4.84. The zero-order chi connectivity index (χ0) is 12.3. The Hall–Kier alpha value is -1.07. The molecule has 4 nitrogen and oxygen atoms in total. The molecule has 0 spiro atoms. The molecule has 0 saturated heterocycles. The van der Waals surface area contributed by atoms with Crippen molar-refractivity contribution < 1.29 is 13.2 Å². The molecular formula is C11H17NO3S. The fraction of sp³-hybridized carbons (Fsp3) is 0.455. The zero-order valence-corrected chi connectivity index (χ0v) is 10.5. The van der Waals surface area contributed by atoms with Gasteiger partial charge in [-0.15, -0.1) is 0 Å². The monoisotopic (exact) mass is 243 g/mol. The Morgan fingerprint density at radius 3 is 2.50 bits per heavy atom. The molecule has 0 saturated carbocycles. The maximum absolute atomic E-state index is 11.4. The van der Waals surface area contributed by atoms with Crippen LogP contribution in [0.25, 0.3) is 0 Å². The van der Waals surface area contributed by atoms with Gasteiger partial charge in [0.25, 0.3) is 0 Å². The largest absolute Gasteiger partial charge is 0.496 e. The van der Waals surface area contributed by atoms with Crippen molar-refractivity contribution in [2.75, 3.05) is 19.9 Å². The van der Waals surface area contributed by atoms with E-state index in [0.717, 1.165) is 5.56 Å². The standard InChI is InChI=1S/C11H17NO3S/c1-8(7-12)10-6-9(16(3,13)14)4-5-11(10)15-2/h4-6,8H,7,12H2,1-3H3. The van der Waals surface area contributed by atoms with E-state index in [1.54, 1.807) is 25.3 Å². The third-order valence-electron chi connectivity index (χ3n) is 2.51. The predicted octanol–water partition coefficient (Wildman–Crippen LogP) is 1.16. The molecule has 5 heteroatoms.